The second-order valence-corrected chi connectivity index (χ2v) is 7.03. The minimum Gasteiger partial charge on any atom is -0.545 e. The van der Waals surface area contributed by atoms with Gasteiger partial charge in [0.05, 0.1) is 24.8 Å². The zero-order valence-corrected chi connectivity index (χ0v) is 14.5. The van der Waals surface area contributed by atoms with E-state index in [1.54, 1.807) is 0 Å². The fourth-order valence-corrected chi connectivity index (χ4v) is 3.48. The number of rotatable bonds is 5. The lowest BCUT2D eigenvalue weighted by Gasteiger charge is -2.30. The molecule has 24 heavy (non-hydrogen) atoms. The Bertz CT molecular complexity index is 667. The van der Waals surface area contributed by atoms with Crippen LogP contribution in [0.15, 0.2) is 0 Å². The summed E-state index contributed by atoms with van der Waals surface area (Å²) in [7, 11) is 1.47. The van der Waals surface area contributed by atoms with Crippen molar-refractivity contribution in [2.45, 2.75) is 32.5 Å². The first kappa shape index (κ1) is 18.4. The SMILES string of the molecule is COCCNC(=O)C(=O)Nc1sc2c(c1C(=O)[O-])CC(C)(C)OC2. The Morgan fingerprint density at radius 1 is 1.33 bits per heavy atom. The summed E-state index contributed by atoms with van der Waals surface area (Å²) in [6, 6.07) is 0. The van der Waals surface area contributed by atoms with Gasteiger partial charge in [-0.05, 0) is 19.4 Å². The number of carboxylic acids is 1. The Morgan fingerprint density at radius 2 is 2.04 bits per heavy atom. The average molecular weight is 355 g/mol. The summed E-state index contributed by atoms with van der Waals surface area (Å²) < 4.78 is 10.4. The second kappa shape index (κ2) is 7.29. The quantitative estimate of drug-likeness (QED) is 0.551. The first-order chi connectivity index (χ1) is 11.2. The monoisotopic (exact) mass is 355 g/mol. The maximum absolute atomic E-state index is 11.9. The lowest BCUT2D eigenvalue weighted by atomic mass is 9.93. The summed E-state index contributed by atoms with van der Waals surface area (Å²) in [6.45, 7) is 4.41. The molecule has 1 aromatic heterocycles. The molecule has 1 aliphatic rings. The van der Waals surface area contributed by atoms with E-state index in [2.05, 4.69) is 10.6 Å². The lowest BCUT2D eigenvalue weighted by molar-refractivity contribution is -0.255. The van der Waals surface area contributed by atoms with Crippen LogP contribution in [0.25, 0.3) is 0 Å². The maximum Gasteiger partial charge on any atom is 0.314 e. The zero-order chi connectivity index (χ0) is 17.9. The molecule has 2 rings (SSSR count). The maximum atomic E-state index is 11.9. The van der Waals surface area contributed by atoms with Crippen LogP contribution in [-0.2, 0) is 32.1 Å². The second-order valence-electron chi connectivity index (χ2n) is 5.92. The standard InChI is InChI=1S/C15H20N2O6S/c1-15(2)6-8-9(7-23-15)24-13(10(8)14(20)21)17-12(19)11(18)16-4-5-22-3/h4-7H2,1-3H3,(H,16,18)(H,17,19)(H,20,21)/p-1. The molecule has 0 saturated heterocycles. The van der Waals surface area contributed by atoms with Gasteiger partial charge >= 0.3 is 11.8 Å². The molecule has 2 heterocycles. The molecule has 0 aliphatic carbocycles. The van der Waals surface area contributed by atoms with E-state index in [0.717, 1.165) is 11.3 Å². The molecule has 2 N–H and O–H groups in total. The number of carboxylic acid groups (broad SMARTS) is 1. The highest BCUT2D eigenvalue weighted by Gasteiger charge is 2.32. The van der Waals surface area contributed by atoms with E-state index in [1.165, 1.54) is 7.11 Å². The summed E-state index contributed by atoms with van der Waals surface area (Å²) in [5, 5.41) is 16.3. The van der Waals surface area contributed by atoms with Gasteiger partial charge in [0.15, 0.2) is 0 Å². The molecule has 1 aliphatic heterocycles. The number of carbonyl (C=O) groups is 3. The van der Waals surface area contributed by atoms with Crippen molar-refractivity contribution in [3.8, 4) is 0 Å². The average Bonchev–Trinajstić information content (AvgIpc) is 2.83. The zero-order valence-electron chi connectivity index (χ0n) is 13.7. The number of methoxy groups -OCH3 is 1. The number of nitrogens with one attached hydrogen (secondary N) is 2. The summed E-state index contributed by atoms with van der Waals surface area (Å²) >= 11 is 1.08. The van der Waals surface area contributed by atoms with E-state index in [0.29, 0.717) is 16.9 Å². The van der Waals surface area contributed by atoms with Crippen LogP contribution < -0.4 is 15.7 Å². The van der Waals surface area contributed by atoms with Gasteiger partial charge in [-0.2, -0.15) is 0 Å². The van der Waals surface area contributed by atoms with Gasteiger partial charge in [-0.25, -0.2) is 0 Å². The molecule has 0 aromatic carbocycles. The van der Waals surface area contributed by atoms with Gasteiger partial charge in [0.25, 0.3) is 0 Å². The van der Waals surface area contributed by atoms with Crippen molar-refractivity contribution < 1.29 is 29.0 Å². The van der Waals surface area contributed by atoms with Crippen LogP contribution in [-0.4, -0.2) is 43.6 Å². The first-order valence-electron chi connectivity index (χ1n) is 7.33. The Hall–Kier alpha value is -1.97. The largest absolute Gasteiger partial charge is 0.545 e. The van der Waals surface area contributed by atoms with Crippen LogP contribution in [0.4, 0.5) is 5.00 Å². The molecule has 0 spiro atoms. The van der Waals surface area contributed by atoms with Crippen LogP contribution in [0.5, 0.6) is 0 Å². The number of ether oxygens (including phenoxy) is 2. The molecule has 9 heteroatoms. The van der Waals surface area contributed by atoms with Gasteiger partial charge in [0, 0.05) is 30.5 Å². The van der Waals surface area contributed by atoms with Gasteiger partial charge in [0.2, 0.25) is 0 Å². The molecule has 0 bridgehead atoms. The molecular weight excluding hydrogens is 336 g/mol. The summed E-state index contributed by atoms with van der Waals surface area (Å²) in [6.07, 6.45) is 0.387. The number of amides is 2. The number of carbonyl (C=O) groups excluding carboxylic acids is 3. The van der Waals surface area contributed by atoms with E-state index >= 15 is 0 Å². The minimum atomic E-state index is -1.39. The molecule has 2 amide bonds. The normalized spacial score (nSPS) is 15.5. The molecule has 0 fully saturated rings. The predicted octanol–water partition coefficient (Wildman–Crippen LogP) is -0.336. The van der Waals surface area contributed by atoms with E-state index < -0.39 is 23.4 Å². The summed E-state index contributed by atoms with van der Waals surface area (Å²) in [5.74, 6) is -3.19. The van der Waals surface area contributed by atoms with Gasteiger partial charge in [-0.15, -0.1) is 11.3 Å². The highest BCUT2D eigenvalue weighted by molar-refractivity contribution is 7.17. The van der Waals surface area contributed by atoms with E-state index in [9.17, 15) is 19.5 Å². The van der Waals surface area contributed by atoms with Crippen molar-refractivity contribution in [3.63, 3.8) is 0 Å². The number of thiophene rings is 1. The van der Waals surface area contributed by atoms with E-state index in [1.807, 2.05) is 13.8 Å². The van der Waals surface area contributed by atoms with Crippen molar-refractivity contribution in [3.05, 3.63) is 16.0 Å². The highest BCUT2D eigenvalue weighted by atomic mass is 32.1. The Kier molecular flexibility index (Phi) is 5.58. The number of anilines is 1. The van der Waals surface area contributed by atoms with Crippen molar-refractivity contribution in [2.75, 3.05) is 25.6 Å². The molecule has 1 aromatic rings. The molecule has 0 atom stereocenters. The van der Waals surface area contributed by atoms with Gasteiger partial charge in [0.1, 0.15) is 5.00 Å². The van der Waals surface area contributed by atoms with Crippen molar-refractivity contribution in [2.24, 2.45) is 0 Å². The smallest absolute Gasteiger partial charge is 0.314 e. The van der Waals surface area contributed by atoms with Crippen LogP contribution in [0.2, 0.25) is 0 Å². The summed E-state index contributed by atoms with van der Waals surface area (Å²) in [4.78, 5) is 35.8. The van der Waals surface area contributed by atoms with E-state index in [-0.39, 0.29) is 30.3 Å². The Morgan fingerprint density at radius 3 is 2.67 bits per heavy atom. The molecule has 8 nitrogen and oxygen atoms in total. The van der Waals surface area contributed by atoms with Crippen LogP contribution in [0, 0.1) is 0 Å². The molecular formula is C15H19N2O6S-. The fraction of sp³-hybridized carbons (Fsp3) is 0.533. The third-order valence-electron chi connectivity index (χ3n) is 3.52. The van der Waals surface area contributed by atoms with Crippen molar-refractivity contribution in [1.29, 1.82) is 0 Å². The highest BCUT2D eigenvalue weighted by Crippen LogP contribution is 2.40. The molecule has 0 radical (unpaired) electrons. The number of hydrogen-bond donors (Lipinski definition) is 2. The van der Waals surface area contributed by atoms with Crippen LogP contribution >= 0.6 is 11.3 Å². The lowest BCUT2D eigenvalue weighted by Crippen LogP contribution is -2.37. The molecule has 0 saturated carbocycles. The Balaban J connectivity index is 2.19. The van der Waals surface area contributed by atoms with E-state index in [4.69, 9.17) is 9.47 Å². The Labute approximate surface area is 143 Å². The molecule has 0 unspecified atom stereocenters. The topological polar surface area (TPSA) is 117 Å². The minimum absolute atomic E-state index is 0.0792. The molecule has 132 valence electrons. The van der Waals surface area contributed by atoms with Gasteiger partial charge in [-0.3, -0.25) is 9.59 Å². The third kappa shape index (κ3) is 4.11. The predicted molar refractivity (Wildman–Crippen MR) is 84.7 cm³/mol. The summed E-state index contributed by atoms with van der Waals surface area (Å²) in [5.41, 5.74) is 0.00706. The first-order valence-corrected chi connectivity index (χ1v) is 8.15. The van der Waals surface area contributed by atoms with Crippen LogP contribution in [0.3, 0.4) is 0 Å². The fourth-order valence-electron chi connectivity index (χ4n) is 2.36. The number of hydrogen-bond acceptors (Lipinski definition) is 7. The number of aromatic carboxylic acids is 1. The van der Waals surface area contributed by atoms with Gasteiger partial charge in [-0.1, -0.05) is 0 Å². The number of fused-ring (bicyclic) bond motifs is 1. The van der Waals surface area contributed by atoms with Crippen molar-refractivity contribution >= 4 is 34.1 Å². The third-order valence-corrected chi connectivity index (χ3v) is 4.64. The van der Waals surface area contributed by atoms with Crippen molar-refractivity contribution in [1.82, 2.24) is 5.32 Å². The van der Waals surface area contributed by atoms with Gasteiger partial charge < -0.3 is 30.0 Å². The van der Waals surface area contributed by atoms with Crippen LogP contribution in [0.1, 0.15) is 34.6 Å².